The zero-order valence-corrected chi connectivity index (χ0v) is 15.0. The molecule has 0 N–H and O–H groups in total. The number of halogens is 1. The number of amides is 1. The molecule has 0 bridgehead atoms. The minimum atomic E-state index is -0.139. The molecule has 1 unspecified atom stereocenters. The third-order valence-corrected chi connectivity index (χ3v) is 4.78. The summed E-state index contributed by atoms with van der Waals surface area (Å²) < 4.78 is 0. The lowest BCUT2D eigenvalue weighted by Gasteiger charge is -2.21. The summed E-state index contributed by atoms with van der Waals surface area (Å²) in [7, 11) is 0. The van der Waals surface area contributed by atoms with Crippen molar-refractivity contribution in [3.8, 4) is 0 Å². The fourth-order valence-electron chi connectivity index (χ4n) is 3.17. The first-order valence-electron chi connectivity index (χ1n) is 8.52. The van der Waals surface area contributed by atoms with E-state index in [1.165, 1.54) is 0 Å². The van der Waals surface area contributed by atoms with E-state index in [1.807, 2.05) is 49.4 Å². The van der Waals surface area contributed by atoms with Gasteiger partial charge in [-0.2, -0.15) is 5.10 Å². The summed E-state index contributed by atoms with van der Waals surface area (Å²) in [5, 5.41) is 6.90. The Morgan fingerprint density at radius 3 is 2.58 bits per heavy atom. The highest BCUT2D eigenvalue weighted by Gasteiger charge is 2.32. The Morgan fingerprint density at radius 1 is 1.12 bits per heavy atom. The van der Waals surface area contributed by atoms with Crippen molar-refractivity contribution in [1.29, 1.82) is 0 Å². The van der Waals surface area contributed by atoms with Crippen molar-refractivity contribution in [3.05, 3.63) is 71.0 Å². The molecule has 0 radical (unpaired) electrons. The summed E-state index contributed by atoms with van der Waals surface area (Å²) >= 11 is 5.98. The molecule has 26 heavy (non-hydrogen) atoms. The lowest BCUT2D eigenvalue weighted by Crippen LogP contribution is -2.26. The number of rotatable bonds is 3. The molecule has 1 amide bonds. The van der Waals surface area contributed by atoms with E-state index in [0.717, 1.165) is 27.9 Å². The zero-order chi connectivity index (χ0) is 18.1. The molecular weight excluding hydrogens is 348 g/mol. The van der Waals surface area contributed by atoms with Crippen LogP contribution < -0.4 is 0 Å². The van der Waals surface area contributed by atoms with Crippen LogP contribution in [0.1, 0.15) is 36.9 Å². The molecule has 4 rings (SSSR count). The zero-order valence-electron chi connectivity index (χ0n) is 14.3. The molecule has 0 saturated heterocycles. The highest BCUT2D eigenvalue weighted by molar-refractivity contribution is 6.30. The number of carbonyl (C=O) groups is 1. The first kappa shape index (κ1) is 16.7. The van der Waals surface area contributed by atoms with Crippen molar-refractivity contribution >= 4 is 34.3 Å². The maximum atomic E-state index is 12.5. The third-order valence-electron chi connectivity index (χ3n) is 4.52. The van der Waals surface area contributed by atoms with Gasteiger partial charge in [-0.05, 0) is 35.4 Å². The smallest absolute Gasteiger partial charge is 0.242 e. The average molecular weight is 365 g/mol. The van der Waals surface area contributed by atoms with Gasteiger partial charge in [0.1, 0.15) is 0 Å². The second kappa shape index (κ2) is 6.84. The fraction of sp³-hybridized carbons (Fsp3) is 0.200. The number of aromatic nitrogens is 2. The maximum Gasteiger partial charge on any atom is 0.242 e. The van der Waals surface area contributed by atoms with E-state index < -0.39 is 0 Å². The van der Waals surface area contributed by atoms with Crippen LogP contribution in [0.15, 0.2) is 60.0 Å². The Morgan fingerprint density at radius 2 is 1.85 bits per heavy atom. The van der Waals surface area contributed by atoms with E-state index in [-0.39, 0.29) is 11.9 Å². The average Bonchev–Trinajstić information content (AvgIpc) is 3.13. The van der Waals surface area contributed by atoms with Crippen molar-refractivity contribution in [2.24, 2.45) is 5.10 Å². The number of benzene rings is 2. The van der Waals surface area contributed by atoms with Gasteiger partial charge in [-0.1, -0.05) is 36.7 Å². The molecule has 0 saturated carbocycles. The van der Waals surface area contributed by atoms with Crippen molar-refractivity contribution in [2.75, 3.05) is 0 Å². The third kappa shape index (κ3) is 3.06. The summed E-state index contributed by atoms with van der Waals surface area (Å²) in [6.07, 6.45) is 4.40. The largest absolute Gasteiger partial charge is 0.273 e. The molecule has 130 valence electrons. The number of fused-ring (bicyclic) bond motifs is 1. The molecule has 1 aliphatic rings. The molecule has 0 aliphatic carbocycles. The summed E-state index contributed by atoms with van der Waals surface area (Å²) in [6, 6.07) is 13.3. The van der Waals surface area contributed by atoms with Crippen LogP contribution in [-0.4, -0.2) is 26.6 Å². The summed E-state index contributed by atoms with van der Waals surface area (Å²) in [4.78, 5) is 21.1. The number of hydrazone groups is 1. The SMILES string of the molecule is CCC(=O)N1N=C(c2ccc(Cl)cc2)CC1c1ccc2nccnc2c1. The Hall–Kier alpha value is -2.79. The Bertz CT molecular complexity index is 1000. The quantitative estimate of drug-likeness (QED) is 0.693. The van der Waals surface area contributed by atoms with Gasteiger partial charge in [0, 0.05) is 30.3 Å². The van der Waals surface area contributed by atoms with Crippen LogP contribution in [-0.2, 0) is 4.79 Å². The minimum Gasteiger partial charge on any atom is -0.273 e. The normalized spacial score (nSPS) is 16.8. The molecule has 0 spiro atoms. The fourth-order valence-corrected chi connectivity index (χ4v) is 3.29. The van der Waals surface area contributed by atoms with E-state index in [9.17, 15) is 4.79 Å². The van der Waals surface area contributed by atoms with Crippen LogP contribution in [0, 0.1) is 0 Å². The van der Waals surface area contributed by atoms with Gasteiger partial charge in [0.2, 0.25) is 5.91 Å². The van der Waals surface area contributed by atoms with Gasteiger partial charge in [0.15, 0.2) is 0 Å². The second-order valence-electron chi connectivity index (χ2n) is 6.17. The second-order valence-corrected chi connectivity index (χ2v) is 6.61. The van der Waals surface area contributed by atoms with Gasteiger partial charge in [0.05, 0.1) is 22.8 Å². The van der Waals surface area contributed by atoms with Gasteiger partial charge in [-0.15, -0.1) is 0 Å². The molecule has 0 fully saturated rings. The Balaban J connectivity index is 1.72. The Labute approximate surface area is 156 Å². The summed E-state index contributed by atoms with van der Waals surface area (Å²) in [5.74, 6) is -0.00166. The number of hydrogen-bond acceptors (Lipinski definition) is 4. The van der Waals surface area contributed by atoms with Crippen LogP contribution in [0.2, 0.25) is 5.02 Å². The number of hydrogen-bond donors (Lipinski definition) is 0. The molecule has 6 heteroatoms. The summed E-state index contributed by atoms with van der Waals surface area (Å²) in [6.45, 7) is 1.85. The van der Waals surface area contributed by atoms with Gasteiger partial charge in [-0.25, -0.2) is 5.01 Å². The van der Waals surface area contributed by atoms with Crippen molar-refractivity contribution < 1.29 is 4.79 Å². The van der Waals surface area contributed by atoms with Crippen LogP contribution in [0.3, 0.4) is 0 Å². The first-order valence-corrected chi connectivity index (χ1v) is 8.89. The van der Waals surface area contributed by atoms with Crippen LogP contribution >= 0.6 is 11.6 Å². The molecule has 1 atom stereocenters. The first-order chi connectivity index (χ1) is 12.7. The minimum absolute atomic E-state index is 0.00166. The highest BCUT2D eigenvalue weighted by Crippen LogP contribution is 2.34. The van der Waals surface area contributed by atoms with Crippen molar-refractivity contribution in [2.45, 2.75) is 25.8 Å². The van der Waals surface area contributed by atoms with Crippen molar-refractivity contribution in [3.63, 3.8) is 0 Å². The predicted octanol–water partition coefficient (Wildman–Crippen LogP) is 4.37. The highest BCUT2D eigenvalue weighted by atomic mass is 35.5. The maximum absolute atomic E-state index is 12.5. The number of nitrogens with zero attached hydrogens (tertiary/aromatic N) is 4. The monoisotopic (exact) mass is 364 g/mol. The van der Waals surface area contributed by atoms with E-state index in [1.54, 1.807) is 17.4 Å². The van der Waals surface area contributed by atoms with Gasteiger partial charge >= 0.3 is 0 Å². The Kier molecular flexibility index (Phi) is 4.39. The molecular formula is C20H17ClN4O. The van der Waals surface area contributed by atoms with E-state index in [4.69, 9.17) is 11.6 Å². The van der Waals surface area contributed by atoms with Crippen LogP contribution in [0.5, 0.6) is 0 Å². The van der Waals surface area contributed by atoms with Gasteiger partial charge in [0.25, 0.3) is 0 Å². The van der Waals surface area contributed by atoms with Crippen LogP contribution in [0.4, 0.5) is 0 Å². The predicted molar refractivity (Wildman–Crippen MR) is 102 cm³/mol. The molecule has 3 aromatic rings. The van der Waals surface area contributed by atoms with Gasteiger partial charge in [-0.3, -0.25) is 14.8 Å². The van der Waals surface area contributed by atoms with Crippen LogP contribution in [0.25, 0.3) is 11.0 Å². The standard InChI is InChI=1S/C20H17ClN4O/c1-2-20(26)25-19(12-17(24-25)13-3-6-15(21)7-4-13)14-5-8-16-18(11-14)23-10-9-22-16/h3-11,19H,2,12H2,1H3. The summed E-state index contributed by atoms with van der Waals surface area (Å²) in [5.41, 5.74) is 4.52. The molecule has 2 aromatic carbocycles. The van der Waals surface area contributed by atoms with E-state index in [2.05, 4.69) is 15.1 Å². The molecule has 2 heterocycles. The number of carbonyl (C=O) groups excluding carboxylic acids is 1. The van der Waals surface area contributed by atoms with Gasteiger partial charge < -0.3 is 0 Å². The molecule has 1 aromatic heterocycles. The lowest BCUT2D eigenvalue weighted by molar-refractivity contribution is -0.132. The lowest BCUT2D eigenvalue weighted by atomic mass is 9.98. The van der Waals surface area contributed by atoms with Crippen molar-refractivity contribution in [1.82, 2.24) is 15.0 Å². The molecule has 1 aliphatic heterocycles. The van der Waals surface area contributed by atoms with E-state index >= 15 is 0 Å². The topological polar surface area (TPSA) is 58.5 Å². The molecule has 5 nitrogen and oxygen atoms in total. The van der Waals surface area contributed by atoms with E-state index in [0.29, 0.717) is 17.9 Å².